The second-order valence-corrected chi connectivity index (χ2v) is 7.09. The van der Waals surface area contributed by atoms with Gasteiger partial charge in [-0.1, -0.05) is 0 Å². The van der Waals surface area contributed by atoms with E-state index in [1.807, 2.05) is 47.9 Å². The Hall–Kier alpha value is -0.520. The van der Waals surface area contributed by atoms with Gasteiger partial charge < -0.3 is 4.55 Å². The topological polar surface area (TPSA) is 52.9 Å². The van der Waals surface area contributed by atoms with Gasteiger partial charge in [0.05, 0.1) is 11.7 Å². The van der Waals surface area contributed by atoms with Crippen molar-refractivity contribution in [3.05, 3.63) is 17.5 Å². The number of aromatic nitrogens is 2. The molecule has 4 nitrogen and oxygen atoms in total. The molecule has 2 atom stereocenters. The summed E-state index contributed by atoms with van der Waals surface area (Å²) >= 11 is -1.07. The highest BCUT2D eigenvalue weighted by atomic mass is 32.2. The summed E-state index contributed by atoms with van der Waals surface area (Å²) in [6.07, 6.45) is 1.97. The highest BCUT2D eigenvalue weighted by Crippen LogP contribution is 2.20. The predicted octanol–water partition coefficient (Wildman–Crippen LogP) is 1.84. The normalized spacial score (nSPS) is 16.2. The summed E-state index contributed by atoms with van der Waals surface area (Å²) in [4.78, 5) is 0. The van der Waals surface area contributed by atoms with E-state index in [2.05, 4.69) is 9.82 Å². The SMILES string of the molecule is Cc1cn(C)nc1[C@@H](C)N[S@@+]([O-])C(C)(C)C. The van der Waals surface area contributed by atoms with Crippen LogP contribution in [0.15, 0.2) is 6.20 Å². The van der Waals surface area contributed by atoms with E-state index >= 15 is 0 Å². The zero-order valence-electron chi connectivity index (χ0n) is 10.9. The van der Waals surface area contributed by atoms with E-state index in [9.17, 15) is 4.55 Å². The maximum Gasteiger partial charge on any atom is 0.136 e. The van der Waals surface area contributed by atoms with Crippen LogP contribution in [0.5, 0.6) is 0 Å². The lowest BCUT2D eigenvalue weighted by molar-refractivity contribution is 0.527. The third-order valence-corrected chi connectivity index (χ3v) is 3.98. The standard InChI is InChI=1S/C11H21N3OS/c1-8-7-14(6)12-10(8)9(2)13-16(15)11(3,4)5/h7,9,13H,1-6H3/t9-,16+/m1/s1. The van der Waals surface area contributed by atoms with Gasteiger partial charge in [-0.15, -0.1) is 4.72 Å². The monoisotopic (exact) mass is 243 g/mol. The Labute approximate surface area is 101 Å². The minimum atomic E-state index is -1.07. The molecule has 0 spiro atoms. The van der Waals surface area contributed by atoms with Crippen molar-refractivity contribution in [1.82, 2.24) is 14.5 Å². The Morgan fingerprint density at radius 1 is 1.50 bits per heavy atom. The molecule has 0 saturated carbocycles. The summed E-state index contributed by atoms with van der Waals surface area (Å²) in [5.74, 6) is 0. The van der Waals surface area contributed by atoms with E-state index < -0.39 is 11.4 Å². The molecule has 0 aliphatic rings. The van der Waals surface area contributed by atoms with Crippen LogP contribution in [0.3, 0.4) is 0 Å². The van der Waals surface area contributed by atoms with E-state index in [0.29, 0.717) is 0 Å². The van der Waals surface area contributed by atoms with Crippen molar-refractivity contribution >= 4 is 11.4 Å². The Balaban J connectivity index is 2.73. The summed E-state index contributed by atoms with van der Waals surface area (Å²) in [5, 5.41) is 4.36. The third kappa shape index (κ3) is 3.23. The van der Waals surface area contributed by atoms with E-state index in [1.165, 1.54) is 0 Å². The summed E-state index contributed by atoms with van der Waals surface area (Å²) < 4.78 is 16.5. The van der Waals surface area contributed by atoms with Gasteiger partial charge in [-0.2, -0.15) is 5.10 Å². The van der Waals surface area contributed by atoms with Gasteiger partial charge in [-0.25, -0.2) is 0 Å². The second kappa shape index (κ2) is 4.77. The molecule has 0 aliphatic heterocycles. The lowest BCUT2D eigenvalue weighted by Gasteiger charge is -2.26. The van der Waals surface area contributed by atoms with Crippen LogP contribution in [0.25, 0.3) is 0 Å². The molecule has 5 heteroatoms. The first kappa shape index (κ1) is 13.5. The van der Waals surface area contributed by atoms with Gasteiger partial charge >= 0.3 is 0 Å². The van der Waals surface area contributed by atoms with Gasteiger partial charge in [0.2, 0.25) is 0 Å². The number of rotatable bonds is 3. The Morgan fingerprint density at radius 3 is 2.44 bits per heavy atom. The Bertz CT molecular complexity index is 357. The lowest BCUT2D eigenvalue weighted by atomic mass is 10.2. The van der Waals surface area contributed by atoms with Crippen LogP contribution in [0.1, 0.15) is 45.0 Å². The van der Waals surface area contributed by atoms with Crippen molar-refractivity contribution in [1.29, 1.82) is 0 Å². The minimum absolute atomic E-state index is 0.00117. The van der Waals surface area contributed by atoms with Crippen LogP contribution >= 0.6 is 0 Å². The maximum atomic E-state index is 11.9. The molecule has 0 unspecified atom stereocenters. The molecule has 1 N–H and O–H groups in total. The van der Waals surface area contributed by atoms with E-state index in [1.54, 1.807) is 4.68 Å². The average Bonchev–Trinajstić information content (AvgIpc) is 2.43. The van der Waals surface area contributed by atoms with Crippen LogP contribution in [0, 0.1) is 6.92 Å². The third-order valence-electron chi connectivity index (χ3n) is 2.30. The molecule has 0 bridgehead atoms. The second-order valence-electron chi connectivity index (χ2n) is 5.09. The molecular weight excluding hydrogens is 222 g/mol. The van der Waals surface area contributed by atoms with Crippen molar-refractivity contribution in [3.63, 3.8) is 0 Å². The largest absolute Gasteiger partial charge is 0.598 e. The summed E-state index contributed by atoms with van der Waals surface area (Å²) in [7, 11) is 1.89. The number of hydrogen-bond acceptors (Lipinski definition) is 3. The zero-order valence-corrected chi connectivity index (χ0v) is 11.7. The molecule has 1 rings (SSSR count). The number of hydrogen-bond donors (Lipinski definition) is 1. The van der Waals surface area contributed by atoms with Gasteiger partial charge in [0.25, 0.3) is 0 Å². The van der Waals surface area contributed by atoms with E-state index in [-0.39, 0.29) is 10.8 Å². The smallest absolute Gasteiger partial charge is 0.136 e. The van der Waals surface area contributed by atoms with E-state index in [4.69, 9.17) is 0 Å². The van der Waals surface area contributed by atoms with Crippen molar-refractivity contribution in [2.45, 2.75) is 45.4 Å². The molecule has 0 amide bonds. The number of nitrogens with zero attached hydrogens (tertiary/aromatic N) is 2. The van der Waals surface area contributed by atoms with Crippen molar-refractivity contribution in [2.24, 2.45) is 7.05 Å². The first-order chi connectivity index (χ1) is 7.21. The number of aryl methyl sites for hydroxylation is 2. The fourth-order valence-corrected chi connectivity index (χ4v) is 2.23. The fraction of sp³-hybridized carbons (Fsp3) is 0.727. The molecule has 1 aromatic heterocycles. The van der Waals surface area contributed by atoms with Gasteiger partial charge in [0, 0.05) is 24.6 Å². The summed E-state index contributed by atoms with van der Waals surface area (Å²) in [6.45, 7) is 9.86. The van der Waals surface area contributed by atoms with Gasteiger partial charge in [0.15, 0.2) is 0 Å². The fourth-order valence-electron chi connectivity index (χ4n) is 1.45. The first-order valence-corrected chi connectivity index (χ1v) is 6.55. The summed E-state index contributed by atoms with van der Waals surface area (Å²) in [6, 6.07) is 0.00117. The zero-order chi connectivity index (χ0) is 12.5. The minimum Gasteiger partial charge on any atom is -0.598 e. The summed E-state index contributed by atoms with van der Waals surface area (Å²) in [5.41, 5.74) is 2.08. The predicted molar refractivity (Wildman–Crippen MR) is 67.4 cm³/mol. The quantitative estimate of drug-likeness (QED) is 0.824. The molecule has 0 radical (unpaired) electrons. The van der Waals surface area contributed by atoms with Crippen molar-refractivity contribution in [2.75, 3.05) is 0 Å². The molecule has 0 aromatic carbocycles. The average molecular weight is 243 g/mol. The van der Waals surface area contributed by atoms with Crippen molar-refractivity contribution < 1.29 is 4.55 Å². The lowest BCUT2D eigenvalue weighted by Crippen LogP contribution is -2.40. The molecule has 0 fully saturated rings. The molecule has 1 aromatic rings. The highest BCUT2D eigenvalue weighted by Gasteiger charge is 2.29. The highest BCUT2D eigenvalue weighted by molar-refractivity contribution is 7.90. The van der Waals surface area contributed by atoms with Gasteiger partial charge in [-0.3, -0.25) is 4.68 Å². The molecule has 16 heavy (non-hydrogen) atoms. The Kier molecular flexibility index (Phi) is 4.04. The molecule has 1 heterocycles. The van der Waals surface area contributed by atoms with Crippen LogP contribution < -0.4 is 4.72 Å². The van der Waals surface area contributed by atoms with Crippen LogP contribution in [-0.2, 0) is 18.4 Å². The molecule has 92 valence electrons. The van der Waals surface area contributed by atoms with Gasteiger partial charge in [0.1, 0.15) is 4.75 Å². The number of nitrogens with one attached hydrogen (secondary N) is 1. The molecule has 0 aliphatic carbocycles. The van der Waals surface area contributed by atoms with E-state index in [0.717, 1.165) is 11.3 Å². The van der Waals surface area contributed by atoms with Crippen LogP contribution in [0.4, 0.5) is 0 Å². The van der Waals surface area contributed by atoms with Crippen molar-refractivity contribution in [3.8, 4) is 0 Å². The van der Waals surface area contributed by atoms with Crippen LogP contribution in [-0.4, -0.2) is 19.1 Å². The molecule has 0 saturated heterocycles. The molecular formula is C11H21N3OS. The van der Waals surface area contributed by atoms with Crippen LogP contribution in [0.2, 0.25) is 0 Å². The Morgan fingerprint density at radius 2 is 2.06 bits per heavy atom. The maximum absolute atomic E-state index is 11.9. The van der Waals surface area contributed by atoms with Gasteiger partial charge in [-0.05, 0) is 40.2 Å². The first-order valence-electron chi connectivity index (χ1n) is 5.40.